The monoisotopic (exact) mass is 308 g/mol. The lowest BCUT2D eigenvalue weighted by Crippen LogP contribution is -1.96. The second-order valence-electron chi connectivity index (χ2n) is 3.57. The molecule has 0 saturated heterocycles. The summed E-state index contributed by atoms with van der Waals surface area (Å²) < 4.78 is 6.68. The number of nitrogens with zero attached hydrogens (tertiary/aromatic N) is 1. The zero-order chi connectivity index (χ0) is 11.7. The summed E-state index contributed by atoms with van der Waals surface area (Å²) in [6.07, 6.45) is 0. The van der Waals surface area contributed by atoms with Crippen molar-refractivity contribution in [2.24, 2.45) is 0 Å². The molecule has 0 unspecified atom stereocenters. The van der Waals surface area contributed by atoms with E-state index >= 15 is 0 Å². The van der Waals surface area contributed by atoms with Gasteiger partial charge in [-0.25, -0.2) is 0 Å². The zero-order valence-electron chi connectivity index (χ0n) is 8.81. The Morgan fingerprint density at radius 2 is 2.24 bits per heavy atom. The standard InChI is InChI=1S/C12H9BrN2OS/c13-8-5-9(17-7-8)6-14-12-15-10-3-1-2-4-11(10)16-12/h1-5,7H,6H2,(H,14,15). The number of oxazole rings is 1. The van der Waals surface area contributed by atoms with Crippen LogP contribution in [0.3, 0.4) is 0 Å². The van der Waals surface area contributed by atoms with Crippen LogP contribution in [-0.4, -0.2) is 4.98 Å². The highest BCUT2D eigenvalue weighted by molar-refractivity contribution is 9.10. The molecule has 5 heteroatoms. The topological polar surface area (TPSA) is 38.1 Å². The highest BCUT2D eigenvalue weighted by Crippen LogP contribution is 2.22. The number of anilines is 1. The van der Waals surface area contributed by atoms with Gasteiger partial charge in [0.15, 0.2) is 5.58 Å². The predicted octanol–water partition coefficient (Wildman–Crippen LogP) is 4.26. The van der Waals surface area contributed by atoms with Crippen molar-refractivity contribution >= 4 is 44.4 Å². The molecular weight excluding hydrogens is 300 g/mol. The van der Waals surface area contributed by atoms with E-state index in [1.165, 1.54) is 4.88 Å². The van der Waals surface area contributed by atoms with Crippen molar-refractivity contribution in [2.45, 2.75) is 6.54 Å². The van der Waals surface area contributed by atoms with Gasteiger partial charge in [-0.2, -0.15) is 4.98 Å². The summed E-state index contributed by atoms with van der Waals surface area (Å²) in [5.41, 5.74) is 1.68. The summed E-state index contributed by atoms with van der Waals surface area (Å²) in [6, 6.07) is 10.4. The molecular formula is C12H9BrN2OS. The van der Waals surface area contributed by atoms with Crippen LogP contribution in [0.25, 0.3) is 11.1 Å². The third-order valence-corrected chi connectivity index (χ3v) is 4.03. The van der Waals surface area contributed by atoms with Crippen LogP contribution in [0, 0.1) is 0 Å². The molecule has 0 spiro atoms. The number of thiophene rings is 1. The molecule has 1 N–H and O–H groups in total. The van der Waals surface area contributed by atoms with Crippen molar-refractivity contribution < 1.29 is 4.42 Å². The Morgan fingerprint density at radius 1 is 1.35 bits per heavy atom. The SMILES string of the molecule is Brc1csc(CNc2nc3ccccc3o2)c1. The fourth-order valence-corrected chi connectivity index (χ4v) is 2.95. The molecule has 3 rings (SSSR count). The lowest BCUT2D eigenvalue weighted by atomic mass is 10.3. The number of fused-ring (bicyclic) bond motifs is 1. The minimum atomic E-state index is 0.565. The molecule has 0 aliphatic rings. The van der Waals surface area contributed by atoms with E-state index in [0.717, 1.165) is 22.1 Å². The quantitative estimate of drug-likeness (QED) is 0.785. The van der Waals surface area contributed by atoms with E-state index in [1.54, 1.807) is 11.3 Å². The van der Waals surface area contributed by atoms with Gasteiger partial charge in [-0.15, -0.1) is 11.3 Å². The normalized spacial score (nSPS) is 10.9. The Kier molecular flexibility index (Phi) is 2.86. The van der Waals surface area contributed by atoms with E-state index in [4.69, 9.17) is 4.42 Å². The first-order valence-corrected chi connectivity index (χ1v) is 6.81. The largest absolute Gasteiger partial charge is 0.424 e. The third kappa shape index (κ3) is 2.35. The van der Waals surface area contributed by atoms with Gasteiger partial charge in [0.2, 0.25) is 0 Å². The Bertz CT molecular complexity index is 614. The van der Waals surface area contributed by atoms with Gasteiger partial charge in [0, 0.05) is 14.7 Å². The van der Waals surface area contributed by atoms with Crippen molar-refractivity contribution in [2.75, 3.05) is 5.32 Å². The molecule has 17 heavy (non-hydrogen) atoms. The molecule has 0 aliphatic heterocycles. The number of para-hydroxylation sites is 2. The van der Waals surface area contributed by atoms with E-state index in [1.807, 2.05) is 24.3 Å². The Morgan fingerprint density at radius 3 is 3.00 bits per heavy atom. The van der Waals surface area contributed by atoms with Gasteiger partial charge < -0.3 is 9.73 Å². The second-order valence-corrected chi connectivity index (χ2v) is 5.48. The van der Waals surface area contributed by atoms with Gasteiger partial charge in [-0.1, -0.05) is 12.1 Å². The molecule has 2 heterocycles. The molecule has 0 saturated carbocycles. The molecule has 1 aromatic carbocycles. The number of hydrogen-bond donors (Lipinski definition) is 1. The molecule has 3 aromatic rings. The van der Waals surface area contributed by atoms with Gasteiger partial charge >= 0.3 is 0 Å². The van der Waals surface area contributed by atoms with Crippen LogP contribution in [0.4, 0.5) is 6.01 Å². The molecule has 2 aromatic heterocycles. The fraction of sp³-hybridized carbons (Fsp3) is 0.0833. The molecule has 3 nitrogen and oxygen atoms in total. The molecule has 0 aliphatic carbocycles. The summed E-state index contributed by atoms with van der Waals surface area (Å²) in [5.74, 6) is 0. The summed E-state index contributed by atoms with van der Waals surface area (Å²) in [6.45, 7) is 0.725. The molecule has 0 fully saturated rings. The van der Waals surface area contributed by atoms with Crippen molar-refractivity contribution in [3.8, 4) is 0 Å². The van der Waals surface area contributed by atoms with Gasteiger partial charge in [0.05, 0.1) is 6.54 Å². The van der Waals surface area contributed by atoms with Crippen molar-refractivity contribution in [1.29, 1.82) is 0 Å². The summed E-state index contributed by atoms with van der Waals surface area (Å²) in [4.78, 5) is 5.59. The first kappa shape index (κ1) is 10.8. The highest BCUT2D eigenvalue weighted by Gasteiger charge is 2.04. The molecule has 0 amide bonds. The average Bonchev–Trinajstić information content (AvgIpc) is 2.91. The smallest absolute Gasteiger partial charge is 0.295 e. The fourth-order valence-electron chi connectivity index (χ4n) is 1.56. The highest BCUT2D eigenvalue weighted by atomic mass is 79.9. The van der Waals surface area contributed by atoms with Crippen LogP contribution >= 0.6 is 27.3 Å². The average molecular weight is 309 g/mol. The Labute approximate surface area is 111 Å². The lowest BCUT2D eigenvalue weighted by Gasteiger charge is -1.97. The van der Waals surface area contributed by atoms with Gasteiger partial charge in [0.25, 0.3) is 6.01 Å². The van der Waals surface area contributed by atoms with E-state index in [2.05, 4.69) is 37.7 Å². The zero-order valence-corrected chi connectivity index (χ0v) is 11.2. The van der Waals surface area contributed by atoms with E-state index in [0.29, 0.717) is 6.01 Å². The van der Waals surface area contributed by atoms with Crippen LogP contribution in [0.15, 0.2) is 44.6 Å². The predicted molar refractivity (Wildman–Crippen MR) is 73.4 cm³/mol. The number of rotatable bonds is 3. The van der Waals surface area contributed by atoms with Gasteiger partial charge in [0.1, 0.15) is 5.52 Å². The molecule has 0 bridgehead atoms. The van der Waals surface area contributed by atoms with Crippen LogP contribution in [0.5, 0.6) is 0 Å². The minimum absolute atomic E-state index is 0.565. The van der Waals surface area contributed by atoms with Crippen LogP contribution < -0.4 is 5.32 Å². The van der Waals surface area contributed by atoms with Gasteiger partial charge in [-0.05, 0) is 34.1 Å². The van der Waals surface area contributed by atoms with Crippen LogP contribution in [-0.2, 0) is 6.54 Å². The summed E-state index contributed by atoms with van der Waals surface area (Å²) >= 11 is 5.13. The maximum atomic E-state index is 5.57. The first-order valence-electron chi connectivity index (χ1n) is 5.13. The number of benzene rings is 1. The Hall–Kier alpha value is -1.33. The van der Waals surface area contributed by atoms with Crippen molar-refractivity contribution in [1.82, 2.24) is 4.98 Å². The number of halogens is 1. The van der Waals surface area contributed by atoms with E-state index in [9.17, 15) is 0 Å². The van der Waals surface area contributed by atoms with Crippen molar-refractivity contribution in [3.63, 3.8) is 0 Å². The first-order chi connectivity index (χ1) is 8.31. The molecule has 0 atom stereocenters. The van der Waals surface area contributed by atoms with Gasteiger partial charge in [-0.3, -0.25) is 0 Å². The number of nitrogens with one attached hydrogen (secondary N) is 1. The Balaban J connectivity index is 1.76. The van der Waals surface area contributed by atoms with E-state index in [-0.39, 0.29) is 0 Å². The van der Waals surface area contributed by atoms with E-state index < -0.39 is 0 Å². The molecule has 0 radical (unpaired) electrons. The minimum Gasteiger partial charge on any atom is -0.424 e. The van der Waals surface area contributed by atoms with Crippen LogP contribution in [0.2, 0.25) is 0 Å². The maximum absolute atomic E-state index is 5.57. The van der Waals surface area contributed by atoms with Crippen LogP contribution in [0.1, 0.15) is 4.88 Å². The lowest BCUT2D eigenvalue weighted by molar-refractivity contribution is 0.615. The number of aromatic nitrogens is 1. The summed E-state index contributed by atoms with van der Waals surface area (Å²) in [5, 5.41) is 5.23. The maximum Gasteiger partial charge on any atom is 0.295 e. The second kappa shape index (κ2) is 4.50. The van der Waals surface area contributed by atoms with Crippen molar-refractivity contribution in [3.05, 3.63) is 45.1 Å². The third-order valence-electron chi connectivity index (χ3n) is 2.33. The molecule has 86 valence electrons. The summed E-state index contributed by atoms with van der Waals surface area (Å²) in [7, 11) is 0. The number of hydrogen-bond acceptors (Lipinski definition) is 4.